The average Bonchev–Trinajstić information content (AvgIpc) is 2.69. The summed E-state index contributed by atoms with van der Waals surface area (Å²) >= 11 is 1.75. The van der Waals surface area contributed by atoms with E-state index in [0.29, 0.717) is 12.0 Å². The summed E-state index contributed by atoms with van der Waals surface area (Å²) in [6.45, 7) is 7.75. The Morgan fingerprint density at radius 3 is 2.56 bits per heavy atom. The van der Waals surface area contributed by atoms with Crippen LogP contribution < -0.4 is 5.73 Å². The molecule has 0 amide bonds. The van der Waals surface area contributed by atoms with E-state index in [9.17, 15) is 0 Å². The lowest BCUT2D eigenvalue weighted by Crippen LogP contribution is -2.40. The molecule has 0 aliphatic rings. The van der Waals surface area contributed by atoms with Crippen molar-refractivity contribution in [2.45, 2.75) is 39.3 Å². The minimum atomic E-state index is 0.221. The molecule has 3 heteroatoms. The fourth-order valence-corrected chi connectivity index (χ4v) is 2.87. The molecular formula is C13H24N2S. The first kappa shape index (κ1) is 13.7. The molecule has 2 atom stereocenters. The zero-order chi connectivity index (χ0) is 12.1. The summed E-state index contributed by atoms with van der Waals surface area (Å²) in [5.74, 6) is 0.676. The summed E-state index contributed by atoms with van der Waals surface area (Å²) in [6.07, 6.45) is 1.02. The molecule has 0 aromatic carbocycles. The second kappa shape index (κ2) is 6.38. The second-order valence-electron chi connectivity index (χ2n) is 4.91. The Bertz CT molecular complexity index is 282. The minimum absolute atomic E-state index is 0.221. The lowest BCUT2D eigenvalue weighted by atomic mass is 9.98. The Labute approximate surface area is 103 Å². The number of thiophene rings is 1. The SMILES string of the molecule is CCC(N)C(c1ccsc1)N(C)CC(C)C. The van der Waals surface area contributed by atoms with E-state index in [1.807, 2.05) is 0 Å². The summed E-state index contributed by atoms with van der Waals surface area (Å²) in [6, 6.07) is 2.78. The van der Waals surface area contributed by atoms with E-state index in [0.717, 1.165) is 13.0 Å². The van der Waals surface area contributed by atoms with E-state index >= 15 is 0 Å². The summed E-state index contributed by atoms with van der Waals surface area (Å²) < 4.78 is 0. The van der Waals surface area contributed by atoms with Crippen LogP contribution in [0, 0.1) is 5.92 Å². The van der Waals surface area contributed by atoms with Gasteiger partial charge in [0.05, 0.1) is 6.04 Å². The van der Waals surface area contributed by atoms with E-state index in [1.54, 1.807) is 11.3 Å². The molecule has 1 aromatic rings. The van der Waals surface area contributed by atoms with Crippen LogP contribution in [0.15, 0.2) is 16.8 Å². The van der Waals surface area contributed by atoms with Gasteiger partial charge in [0.25, 0.3) is 0 Å². The van der Waals surface area contributed by atoms with Gasteiger partial charge in [0.15, 0.2) is 0 Å². The molecule has 1 rings (SSSR count). The molecule has 2 nitrogen and oxygen atoms in total. The first-order valence-electron chi connectivity index (χ1n) is 6.04. The molecule has 0 bridgehead atoms. The number of hydrogen-bond donors (Lipinski definition) is 1. The molecule has 0 radical (unpaired) electrons. The third kappa shape index (κ3) is 3.58. The third-order valence-corrected chi connectivity index (χ3v) is 3.59. The highest BCUT2D eigenvalue weighted by atomic mass is 32.1. The Morgan fingerprint density at radius 1 is 1.44 bits per heavy atom. The van der Waals surface area contributed by atoms with Crippen LogP contribution in [0.4, 0.5) is 0 Å². The topological polar surface area (TPSA) is 29.3 Å². The summed E-state index contributed by atoms with van der Waals surface area (Å²) in [5, 5.41) is 4.35. The molecule has 0 spiro atoms. The lowest BCUT2D eigenvalue weighted by Gasteiger charge is -2.33. The molecule has 1 heterocycles. The molecule has 0 fully saturated rings. The van der Waals surface area contributed by atoms with Crippen molar-refractivity contribution in [1.29, 1.82) is 0 Å². The predicted octanol–water partition coefficient (Wildman–Crippen LogP) is 3.11. The summed E-state index contributed by atoms with van der Waals surface area (Å²) in [5.41, 5.74) is 7.61. The van der Waals surface area contributed by atoms with Gasteiger partial charge in [0.1, 0.15) is 0 Å². The van der Waals surface area contributed by atoms with E-state index in [1.165, 1.54) is 5.56 Å². The zero-order valence-electron chi connectivity index (χ0n) is 10.8. The van der Waals surface area contributed by atoms with Gasteiger partial charge in [-0.2, -0.15) is 11.3 Å². The highest BCUT2D eigenvalue weighted by molar-refractivity contribution is 7.07. The lowest BCUT2D eigenvalue weighted by molar-refractivity contribution is 0.189. The number of likely N-dealkylation sites (N-methyl/N-ethyl adjacent to an activating group) is 1. The van der Waals surface area contributed by atoms with Gasteiger partial charge in [-0.1, -0.05) is 20.8 Å². The van der Waals surface area contributed by atoms with Crippen LogP contribution in [0.2, 0.25) is 0 Å². The van der Waals surface area contributed by atoms with Crippen LogP contribution in [0.3, 0.4) is 0 Å². The smallest absolute Gasteiger partial charge is 0.0504 e. The number of rotatable bonds is 6. The number of hydrogen-bond acceptors (Lipinski definition) is 3. The van der Waals surface area contributed by atoms with Gasteiger partial charge < -0.3 is 5.73 Å². The van der Waals surface area contributed by atoms with Crippen LogP contribution in [0.5, 0.6) is 0 Å². The minimum Gasteiger partial charge on any atom is -0.326 e. The standard InChI is InChI=1S/C13H24N2S/c1-5-12(14)13(11-6-7-16-9-11)15(4)8-10(2)3/h6-7,9-10,12-13H,5,8,14H2,1-4H3. The van der Waals surface area contributed by atoms with Crippen molar-refractivity contribution in [2.24, 2.45) is 11.7 Å². The van der Waals surface area contributed by atoms with Crippen LogP contribution in [-0.4, -0.2) is 24.5 Å². The van der Waals surface area contributed by atoms with Gasteiger partial charge in [-0.3, -0.25) is 4.90 Å². The number of nitrogens with two attached hydrogens (primary N) is 1. The van der Waals surface area contributed by atoms with Crippen molar-refractivity contribution >= 4 is 11.3 Å². The second-order valence-corrected chi connectivity index (χ2v) is 5.69. The quantitative estimate of drug-likeness (QED) is 0.828. The summed E-state index contributed by atoms with van der Waals surface area (Å²) in [7, 11) is 2.18. The Balaban J connectivity index is 2.79. The normalized spacial score (nSPS) is 15.7. The van der Waals surface area contributed by atoms with Crippen molar-refractivity contribution in [2.75, 3.05) is 13.6 Å². The highest BCUT2D eigenvalue weighted by Crippen LogP contribution is 2.26. The Morgan fingerprint density at radius 2 is 2.12 bits per heavy atom. The van der Waals surface area contributed by atoms with Crippen molar-refractivity contribution in [3.63, 3.8) is 0 Å². The van der Waals surface area contributed by atoms with Crippen molar-refractivity contribution < 1.29 is 0 Å². The third-order valence-electron chi connectivity index (χ3n) is 2.89. The van der Waals surface area contributed by atoms with Crippen LogP contribution in [0.25, 0.3) is 0 Å². The van der Waals surface area contributed by atoms with Gasteiger partial charge in [0.2, 0.25) is 0 Å². The molecular weight excluding hydrogens is 216 g/mol. The Hall–Kier alpha value is -0.380. The summed E-state index contributed by atoms with van der Waals surface area (Å²) in [4.78, 5) is 2.39. The van der Waals surface area contributed by atoms with E-state index in [4.69, 9.17) is 5.73 Å². The van der Waals surface area contributed by atoms with Crippen LogP contribution >= 0.6 is 11.3 Å². The fraction of sp³-hybridized carbons (Fsp3) is 0.692. The first-order valence-corrected chi connectivity index (χ1v) is 6.98. The van der Waals surface area contributed by atoms with E-state index in [2.05, 4.69) is 49.5 Å². The molecule has 2 unspecified atom stereocenters. The van der Waals surface area contributed by atoms with Gasteiger partial charge in [-0.25, -0.2) is 0 Å². The monoisotopic (exact) mass is 240 g/mol. The molecule has 2 N–H and O–H groups in total. The Kier molecular flexibility index (Phi) is 5.46. The number of nitrogens with zero attached hydrogens (tertiary/aromatic N) is 1. The molecule has 16 heavy (non-hydrogen) atoms. The van der Waals surface area contributed by atoms with Crippen molar-refractivity contribution in [3.05, 3.63) is 22.4 Å². The van der Waals surface area contributed by atoms with Gasteiger partial charge in [-0.05, 0) is 41.8 Å². The fourth-order valence-electron chi connectivity index (χ4n) is 2.18. The zero-order valence-corrected chi connectivity index (χ0v) is 11.6. The molecule has 92 valence electrons. The van der Waals surface area contributed by atoms with Crippen molar-refractivity contribution in [3.8, 4) is 0 Å². The molecule has 1 aromatic heterocycles. The first-order chi connectivity index (χ1) is 7.56. The highest BCUT2D eigenvalue weighted by Gasteiger charge is 2.23. The maximum atomic E-state index is 6.25. The van der Waals surface area contributed by atoms with E-state index < -0.39 is 0 Å². The van der Waals surface area contributed by atoms with Crippen LogP contribution in [0.1, 0.15) is 38.8 Å². The molecule has 0 saturated carbocycles. The van der Waals surface area contributed by atoms with Gasteiger partial charge in [-0.15, -0.1) is 0 Å². The predicted molar refractivity (Wildman–Crippen MR) is 72.8 cm³/mol. The van der Waals surface area contributed by atoms with Gasteiger partial charge in [0, 0.05) is 12.6 Å². The molecule has 0 aliphatic heterocycles. The van der Waals surface area contributed by atoms with Gasteiger partial charge >= 0.3 is 0 Å². The van der Waals surface area contributed by atoms with E-state index in [-0.39, 0.29) is 6.04 Å². The maximum Gasteiger partial charge on any atom is 0.0504 e. The maximum absolute atomic E-state index is 6.25. The van der Waals surface area contributed by atoms with Crippen molar-refractivity contribution in [1.82, 2.24) is 4.90 Å². The largest absolute Gasteiger partial charge is 0.326 e. The van der Waals surface area contributed by atoms with Crippen LogP contribution in [-0.2, 0) is 0 Å². The average molecular weight is 240 g/mol. The molecule has 0 aliphatic carbocycles. The molecule has 0 saturated heterocycles.